The lowest BCUT2D eigenvalue weighted by atomic mass is 10.1. The Labute approximate surface area is 110 Å². The van der Waals surface area contributed by atoms with Gasteiger partial charge in [0.1, 0.15) is 5.82 Å². The standard InChI is InChI=1S/C16H14N2O/c1-11-6-8-13(9-7-11)18-15(17)10-12-4-2-3-5-14(12)16(18)19/h2-10H,17H2,1H3. The van der Waals surface area contributed by atoms with Gasteiger partial charge in [0, 0.05) is 5.39 Å². The van der Waals surface area contributed by atoms with Crippen molar-refractivity contribution in [2.24, 2.45) is 0 Å². The summed E-state index contributed by atoms with van der Waals surface area (Å²) in [5.41, 5.74) is 7.88. The van der Waals surface area contributed by atoms with Crippen molar-refractivity contribution in [2.75, 3.05) is 5.73 Å². The monoisotopic (exact) mass is 250 g/mol. The zero-order valence-corrected chi connectivity index (χ0v) is 10.6. The number of aryl methyl sites for hydroxylation is 1. The largest absolute Gasteiger partial charge is 0.385 e. The number of pyridine rings is 1. The molecule has 0 atom stereocenters. The van der Waals surface area contributed by atoms with E-state index in [1.807, 2.05) is 61.5 Å². The molecule has 0 saturated carbocycles. The maximum absolute atomic E-state index is 12.5. The molecule has 0 aliphatic carbocycles. The molecule has 3 rings (SSSR count). The molecule has 1 heterocycles. The summed E-state index contributed by atoms with van der Waals surface area (Å²) in [4.78, 5) is 12.5. The van der Waals surface area contributed by atoms with E-state index in [1.54, 1.807) is 4.57 Å². The van der Waals surface area contributed by atoms with Crippen LogP contribution in [0.4, 0.5) is 5.82 Å². The van der Waals surface area contributed by atoms with E-state index in [1.165, 1.54) is 0 Å². The van der Waals surface area contributed by atoms with Crippen molar-refractivity contribution in [2.45, 2.75) is 6.92 Å². The first kappa shape index (κ1) is 11.5. The highest BCUT2D eigenvalue weighted by Crippen LogP contribution is 2.17. The van der Waals surface area contributed by atoms with E-state index in [4.69, 9.17) is 5.73 Å². The summed E-state index contributed by atoms with van der Waals surface area (Å²) >= 11 is 0. The molecule has 0 amide bonds. The molecule has 0 radical (unpaired) electrons. The Balaban J connectivity index is 2.35. The minimum Gasteiger partial charge on any atom is -0.385 e. The molecule has 0 aliphatic heterocycles. The number of nitrogens with two attached hydrogens (primary N) is 1. The molecule has 0 unspecified atom stereocenters. The predicted molar refractivity (Wildman–Crippen MR) is 78.7 cm³/mol. The van der Waals surface area contributed by atoms with Crippen LogP contribution >= 0.6 is 0 Å². The first-order valence-corrected chi connectivity index (χ1v) is 6.14. The lowest BCUT2D eigenvalue weighted by Crippen LogP contribution is -2.21. The predicted octanol–water partition coefficient (Wildman–Crippen LogP) is 2.88. The fourth-order valence-electron chi connectivity index (χ4n) is 2.24. The second-order valence-corrected chi connectivity index (χ2v) is 4.63. The number of rotatable bonds is 1. The van der Waals surface area contributed by atoms with Gasteiger partial charge in [0.25, 0.3) is 5.56 Å². The van der Waals surface area contributed by atoms with Crippen molar-refractivity contribution in [3.8, 4) is 5.69 Å². The van der Waals surface area contributed by atoms with Crippen molar-refractivity contribution in [3.05, 3.63) is 70.5 Å². The van der Waals surface area contributed by atoms with Crippen LogP contribution in [0.1, 0.15) is 5.56 Å². The van der Waals surface area contributed by atoms with Gasteiger partial charge in [-0.15, -0.1) is 0 Å². The number of nitrogen functional groups attached to an aromatic ring is 1. The van der Waals surface area contributed by atoms with E-state index in [2.05, 4.69) is 0 Å². The van der Waals surface area contributed by atoms with Gasteiger partial charge < -0.3 is 5.73 Å². The summed E-state index contributed by atoms with van der Waals surface area (Å²) < 4.78 is 1.54. The molecule has 1 aromatic heterocycles. The van der Waals surface area contributed by atoms with Gasteiger partial charge in [0.2, 0.25) is 0 Å². The average Bonchev–Trinajstić information content (AvgIpc) is 2.41. The van der Waals surface area contributed by atoms with Crippen molar-refractivity contribution < 1.29 is 0 Å². The molecule has 0 spiro atoms. The Morgan fingerprint density at radius 1 is 1.00 bits per heavy atom. The Morgan fingerprint density at radius 3 is 2.42 bits per heavy atom. The third kappa shape index (κ3) is 1.89. The molecular weight excluding hydrogens is 236 g/mol. The smallest absolute Gasteiger partial charge is 0.264 e. The van der Waals surface area contributed by atoms with Crippen molar-refractivity contribution in [3.63, 3.8) is 0 Å². The number of hydrogen-bond donors (Lipinski definition) is 1. The van der Waals surface area contributed by atoms with Gasteiger partial charge in [-0.05, 0) is 36.6 Å². The Morgan fingerprint density at radius 2 is 1.68 bits per heavy atom. The number of aromatic nitrogens is 1. The second kappa shape index (κ2) is 4.28. The molecule has 3 aromatic rings. The van der Waals surface area contributed by atoms with E-state index in [9.17, 15) is 4.79 Å². The molecule has 2 N–H and O–H groups in total. The average molecular weight is 250 g/mol. The summed E-state index contributed by atoms with van der Waals surface area (Å²) in [6.07, 6.45) is 0. The number of benzene rings is 2. The van der Waals surface area contributed by atoms with Gasteiger partial charge in [-0.2, -0.15) is 0 Å². The minimum absolute atomic E-state index is 0.0838. The van der Waals surface area contributed by atoms with E-state index in [-0.39, 0.29) is 5.56 Å². The van der Waals surface area contributed by atoms with Crippen molar-refractivity contribution >= 4 is 16.6 Å². The topological polar surface area (TPSA) is 48.0 Å². The van der Waals surface area contributed by atoms with Crippen molar-refractivity contribution in [1.29, 1.82) is 0 Å². The maximum Gasteiger partial charge on any atom is 0.264 e. The Bertz CT molecular complexity index is 801. The second-order valence-electron chi connectivity index (χ2n) is 4.63. The van der Waals surface area contributed by atoms with E-state index < -0.39 is 0 Å². The van der Waals surface area contributed by atoms with Crippen LogP contribution in [-0.2, 0) is 0 Å². The summed E-state index contributed by atoms with van der Waals surface area (Å²) in [7, 11) is 0. The highest BCUT2D eigenvalue weighted by atomic mass is 16.1. The SMILES string of the molecule is Cc1ccc(-n2c(N)cc3ccccc3c2=O)cc1. The minimum atomic E-state index is -0.0838. The number of fused-ring (bicyclic) bond motifs is 1. The number of hydrogen-bond acceptors (Lipinski definition) is 2. The quantitative estimate of drug-likeness (QED) is 0.722. The lowest BCUT2D eigenvalue weighted by Gasteiger charge is -2.11. The van der Waals surface area contributed by atoms with Crippen LogP contribution in [-0.4, -0.2) is 4.57 Å². The molecule has 3 nitrogen and oxygen atoms in total. The van der Waals surface area contributed by atoms with Gasteiger partial charge in [-0.3, -0.25) is 9.36 Å². The summed E-state index contributed by atoms with van der Waals surface area (Å²) in [6.45, 7) is 2.01. The highest BCUT2D eigenvalue weighted by Gasteiger charge is 2.08. The molecule has 0 bridgehead atoms. The van der Waals surface area contributed by atoms with E-state index in [0.717, 1.165) is 16.6 Å². The van der Waals surface area contributed by atoms with Crippen LogP contribution in [0.25, 0.3) is 16.5 Å². The summed E-state index contributed by atoms with van der Waals surface area (Å²) in [6, 6.07) is 17.1. The molecule has 94 valence electrons. The van der Waals surface area contributed by atoms with Gasteiger partial charge in [0.05, 0.1) is 5.69 Å². The fraction of sp³-hybridized carbons (Fsp3) is 0.0625. The zero-order valence-electron chi connectivity index (χ0n) is 10.6. The third-order valence-electron chi connectivity index (χ3n) is 3.25. The highest BCUT2D eigenvalue weighted by molar-refractivity contribution is 5.84. The molecule has 19 heavy (non-hydrogen) atoms. The normalized spacial score (nSPS) is 10.8. The van der Waals surface area contributed by atoms with E-state index in [0.29, 0.717) is 11.2 Å². The first-order valence-electron chi connectivity index (χ1n) is 6.14. The Hall–Kier alpha value is -2.55. The molecule has 2 aromatic carbocycles. The first-order chi connectivity index (χ1) is 9.16. The van der Waals surface area contributed by atoms with Crippen LogP contribution in [0, 0.1) is 6.92 Å². The lowest BCUT2D eigenvalue weighted by molar-refractivity contribution is 1.02. The molecular formula is C16H14N2O. The maximum atomic E-state index is 12.5. The number of nitrogens with zero attached hydrogens (tertiary/aromatic N) is 1. The number of anilines is 1. The molecule has 0 aliphatic rings. The van der Waals surface area contributed by atoms with Crippen LogP contribution < -0.4 is 11.3 Å². The summed E-state index contributed by atoms with van der Waals surface area (Å²) in [5, 5.41) is 1.55. The van der Waals surface area contributed by atoms with Crippen LogP contribution in [0.3, 0.4) is 0 Å². The van der Waals surface area contributed by atoms with Gasteiger partial charge in [-0.1, -0.05) is 35.9 Å². The van der Waals surface area contributed by atoms with Crippen LogP contribution in [0.2, 0.25) is 0 Å². The Kier molecular flexibility index (Phi) is 2.60. The van der Waals surface area contributed by atoms with Gasteiger partial charge in [0.15, 0.2) is 0 Å². The molecule has 3 heteroatoms. The van der Waals surface area contributed by atoms with E-state index >= 15 is 0 Å². The molecule has 0 saturated heterocycles. The van der Waals surface area contributed by atoms with Crippen molar-refractivity contribution in [1.82, 2.24) is 4.57 Å². The third-order valence-corrected chi connectivity index (χ3v) is 3.25. The van der Waals surface area contributed by atoms with Crippen LogP contribution in [0.15, 0.2) is 59.4 Å². The van der Waals surface area contributed by atoms with Gasteiger partial charge in [-0.25, -0.2) is 0 Å². The molecule has 0 fully saturated rings. The fourth-order valence-corrected chi connectivity index (χ4v) is 2.24. The van der Waals surface area contributed by atoms with Gasteiger partial charge >= 0.3 is 0 Å². The van der Waals surface area contributed by atoms with Crippen LogP contribution in [0.5, 0.6) is 0 Å². The zero-order chi connectivity index (χ0) is 13.4. The summed E-state index contributed by atoms with van der Waals surface area (Å²) in [5.74, 6) is 0.451.